The van der Waals surface area contributed by atoms with Crippen LogP contribution in [0.25, 0.3) is 0 Å². The maximum Gasteiger partial charge on any atom is 0.376 e. The van der Waals surface area contributed by atoms with Crippen LogP contribution in [0.3, 0.4) is 0 Å². The standard InChI is InChI=1S/C14H16N4O2S/c1-2-20-14(19)12-15-6-5-11(18-12)16-7-10-8-21-13(17-10)9-3-4-9/h5-6,8-9H,2-4,7H2,1H3,(H,15,16,18). The van der Waals surface area contributed by atoms with Crippen molar-refractivity contribution in [3.8, 4) is 0 Å². The van der Waals surface area contributed by atoms with Gasteiger partial charge in [0.2, 0.25) is 5.82 Å². The zero-order chi connectivity index (χ0) is 14.7. The number of ether oxygens (including phenoxy) is 1. The van der Waals surface area contributed by atoms with Crippen molar-refractivity contribution in [3.05, 3.63) is 34.2 Å². The summed E-state index contributed by atoms with van der Waals surface area (Å²) in [7, 11) is 0. The Morgan fingerprint density at radius 1 is 1.48 bits per heavy atom. The maximum atomic E-state index is 11.6. The number of hydrogen-bond donors (Lipinski definition) is 1. The van der Waals surface area contributed by atoms with Crippen molar-refractivity contribution < 1.29 is 9.53 Å². The molecule has 0 amide bonds. The van der Waals surface area contributed by atoms with Gasteiger partial charge in [0, 0.05) is 17.5 Å². The van der Waals surface area contributed by atoms with Crippen molar-refractivity contribution >= 4 is 23.1 Å². The molecule has 21 heavy (non-hydrogen) atoms. The molecule has 7 heteroatoms. The third kappa shape index (κ3) is 3.55. The average Bonchev–Trinajstić information content (AvgIpc) is 3.25. The normalized spacial score (nSPS) is 14.0. The monoisotopic (exact) mass is 304 g/mol. The smallest absolute Gasteiger partial charge is 0.376 e. The van der Waals surface area contributed by atoms with Gasteiger partial charge in [0.1, 0.15) is 5.82 Å². The van der Waals surface area contributed by atoms with E-state index in [1.807, 2.05) is 0 Å². The summed E-state index contributed by atoms with van der Waals surface area (Å²) in [4.78, 5) is 24.2. The van der Waals surface area contributed by atoms with Crippen molar-refractivity contribution in [2.45, 2.75) is 32.2 Å². The number of hydrogen-bond acceptors (Lipinski definition) is 7. The predicted molar refractivity (Wildman–Crippen MR) is 79.4 cm³/mol. The van der Waals surface area contributed by atoms with Crippen LogP contribution >= 0.6 is 11.3 Å². The van der Waals surface area contributed by atoms with Crippen molar-refractivity contribution in [1.29, 1.82) is 0 Å². The Kier molecular flexibility index (Phi) is 4.10. The first-order valence-electron chi connectivity index (χ1n) is 6.94. The molecule has 1 aliphatic carbocycles. The fraction of sp³-hybridized carbons (Fsp3) is 0.429. The molecule has 0 atom stereocenters. The minimum atomic E-state index is -0.508. The van der Waals surface area contributed by atoms with E-state index in [4.69, 9.17) is 4.74 Å². The second-order valence-electron chi connectivity index (χ2n) is 4.79. The number of rotatable bonds is 6. The summed E-state index contributed by atoms with van der Waals surface area (Å²) in [5.41, 5.74) is 0.998. The minimum absolute atomic E-state index is 0.0683. The van der Waals surface area contributed by atoms with E-state index in [-0.39, 0.29) is 5.82 Å². The highest BCUT2D eigenvalue weighted by molar-refractivity contribution is 7.09. The molecule has 2 heterocycles. The molecule has 0 aromatic carbocycles. The molecule has 2 aromatic heterocycles. The molecule has 1 N–H and O–H groups in total. The second-order valence-corrected chi connectivity index (χ2v) is 5.68. The Balaban J connectivity index is 1.61. The molecular weight excluding hydrogens is 288 g/mol. The van der Waals surface area contributed by atoms with Gasteiger partial charge in [-0.25, -0.2) is 19.7 Å². The summed E-state index contributed by atoms with van der Waals surface area (Å²) in [6.45, 7) is 2.64. The van der Waals surface area contributed by atoms with Gasteiger partial charge in [-0.3, -0.25) is 0 Å². The molecule has 0 bridgehead atoms. The number of carbonyl (C=O) groups excluding carboxylic acids is 1. The minimum Gasteiger partial charge on any atom is -0.460 e. The molecule has 1 fully saturated rings. The van der Waals surface area contributed by atoms with Gasteiger partial charge in [-0.05, 0) is 25.8 Å². The molecule has 2 aromatic rings. The lowest BCUT2D eigenvalue weighted by atomic mass is 10.4. The predicted octanol–water partition coefficient (Wildman–Crippen LogP) is 2.60. The highest BCUT2D eigenvalue weighted by atomic mass is 32.1. The van der Waals surface area contributed by atoms with Crippen LogP contribution in [0.2, 0.25) is 0 Å². The lowest BCUT2D eigenvalue weighted by molar-refractivity contribution is 0.0512. The third-order valence-electron chi connectivity index (χ3n) is 3.06. The fourth-order valence-electron chi connectivity index (χ4n) is 1.85. The number of aromatic nitrogens is 3. The Morgan fingerprint density at radius 3 is 3.10 bits per heavy atom. The molecular formula is C14H16N4O2S. The summed E-state index contributed by atoms with van der Waals surface area (Å²) in [6, 6.07) is 1.72. The van der Waals surface area contributed by atoms with E-state index in [9.17, 15) is 4.79 Å². The third-order valence-corrected chi connectivity index (χ3v) is 4.12. The molecule has 6 nitrogen and oxygen atoms in total. The van der Waals surface area contributed by atoms with Gasteiger partial charge in [-0.2, -0.15) is 0 Å². The van der Waals surface area contributed by atoms with Crippen LogP contribution in [0.4, 0.5) is 5.82 Å². The van der Waals surface area contributed by atoms with Crippen LogP contribution in [0.15, 0.2) is 17.6 Å². The largest absolute Gasteiger partial charge is 0.460 e. The summed E-state index contributed by atoms with van der Waals surface area (Å²) in [5.74, 6) is 0.830. The first-order valence-corrected chi connectivity index (χ1v) is 7.82. The van der Waals surface area contributed by atoms with Crippen LogP contribution in [-0.4, -0.2) is 27.5 Å². The highest BCUT2D eigenvalue weighted by Crippen LogP contribution is 2.41. The Morgan fingerprint density at radius 2 is 2.33 bits per heavy atom. The summed E-state index contributed by atoms with van der Waals surface area (Å²) < 4.78 is 4.88. The molecule has 1 aliphatic rings. The van der Waals surface area contributed by atoms with Crippen molar-refractivity contribution in [1.82, 2.24) is 15.0 Å². The summed E-state index contributed by atoms with van der Waals surface area (Å²) >= 11 is 1.71. The van der Waals surface area contributed by atoms with E-state index in [1.165, 1.54) is 24.0 Å². The molecule has 0 radical (unpaired) electrons. The van der Waals surface area contributed by atoms with Crippen molar-refractivity contribution in [2.24, 2.45) is 0 Å². The molecule has 0 saturated heterocycles. The number of anilines is 1. The molecule has 0 spiro atoms. The zero-order valence-electron chi connectivity index (χ0n) is 11.7. The van der Waals surface area contributed by atoms with Gasteiger partial charge in [0.25, 0.3) is 0 Å². The van der Waals surface area contributed by atoms with E-state index >= 15 is 0 Å². The van der Waals surface area contributed by atoms with Crippen LogP contribution in [0, 0.1) is 0 Å². The molecule has 3 rings (SSSR count). The van der Waals surface area contributed by atoms with Gasteiger partial charge < -0.3 is 10.1 Å². The average molecular weight is 304 g/mol. The van der Waals surface area contributed by atoms with Gasteiger partial charge in [0.15, 0.2) is 0 Å². The van der Waals surface area contributed by atoms with E-state index in [0.29, 0.717) is 24.9 Å². The molecule has 0 unspecified atom stereocenters. The quantitative estimate of drug-likeness (QED) is 0.827. The van der Waals surface area contributed by atoms with Crippen LogP contribution in [0.1, 0.15) is 47.0 Å². The fourth-order valence-corrected chi connectivity index (χ4v) is 2.84. The van der Waals surface area contributed by atoms with E-state index in [1.54, 1.807) is 24.3 Å². The zero-order valence-corrected chi connectivity index (χ0v) is 12.5. The first kappa shape index (κ1) is 13.9. The van der Waals surface area contributed by atoms with E-state index < -0.39 is 5.97 Å². The van der Waals surface area contributed by atoms with Crippen LogP contribution in [0.5, 0.6) is 0 Å². The number of esters is 1. The van der Waals surface area contributed by atoms with Gasteiger partial charge in [0.05, 0.1) is 23.9 Å². The molecule has 0 aliphatic heterocycles. The highest BCUT2D eigenvalue weighted by Gasteiger charge is 2.26. The van der Waals surface area contributed by atoms with Crippen molar-refractivity contribution in [3.63, 3.8) is 0 Å². The lowest BCUT2D eigenvalue weighted by Gasteiger charge is -2.05. The Labute approximate surface area is 126 Å². The topological polar surface area (TPSA) is 77.0 Å². The number of thiazole rings is 1. The van der Waals surface area contributed by atoms with Gasteiger partial charge >= 0.3 is 5.97 Å². The van der Waals surface area contributed by atoms with Crippen molar-refractivity contribution in [2.75, 3.05) is 11.9 Å². The molecule has 1 saturated carbocycles. The van der Waals surface area contributed by atoms with E-state index in [0.717, 1.165) is 5.69 Å². The Hall–Kier alpha value is -2.02. The SMILES string of the molecule is CCOC(=O)c1nccc(NCc2csc(C3CC3)n2)n1. The number of nitrogens with zero attached hydrogens (tertiary/aromatic N) is 3. The summed E-state index contributed by atoms with van der Waals surface area (Å²) in [5, 5.41) is 6.44. The van der Waals surface area contributed by atoms with Crippen LogP contribution < -0.4 is 5.32 Å². The van der Waals surface area contributed by atoms with Gasteiger partial charge in [-0.15, -0.1) is 11.3 Å². The second kappa shape index (κ2) is 6.17. The number of nitrogens with one attached hydrogen (secondary N) is 1. The summed E-state index contributed by atoms with van der Waals surface area (Å²) in [6.07, 6.45) is 4.06. The first-order chi connectivity index (χ1) is 10.3. The van der Waals surface area contributed by atoms with Gasteiger partial charge in [-0.1, -0.05) is 0 Å². The number of carbonyl (C=O) groups is 1. The van der Waals surface area contributed by atoms with Crippen LogP contribution in [-0.2, 0) is 11.3 Å². The maximum absolute atomic E-state index is 11.6. The molecule has 110 valence electrons. The van der Waals surface area contributed by atoms with E-state index in [2.05, 4.69) is 25.6 Å². The Bertz CT molecular complexity index is 639. The lowest BCUT2D eigenvalue weighted by Crippen LogP contribution is -2.11.